The van der Waals surface area contributed by atoms with Gasteiger partial charge >= 0.3 is 5.97 Å². The van der Waals surface area contributed by atoms with Gasteiger partial charge in [-0.25, -0.2) is 9.97 Å². The predicted octanol–water partition coefficient (Wildman–Crippen LogP) is 1.99. The molecule has 2 aromatic heterocycles. The van der Waals surface area contributed by atoms with Crippen LogP contribution in [0.4, 0.5) is 5.69 Å². The van der Waals surface area contributed by atoms with Crippen molar-refractivity contribution in [3.63, 3.8) is 0 Å². The molecule has 0 aliphatic carbocycles. The molecule has 0 bridgehead atoms. The van der Waals surface area contributed by atoms with Gasteiger partial charge in [-0.1, -0.05) is 18.2 Å². The van der Waals surface area contributed by atoms with E-state index in [0.29, 0.717) is 5.69 Å². The Morgan fingerprint density at radius 1 is 1.21 bits per heavy atom. The average Bonchev–Trinajstić information content (AvgIpc) is 2.90. The van der Waals surface area contributed by atoms with E-state index < -0.39 is 11.9 Å². The maximum Gasteiger partial charge on any atom is 0.310 e. The Morgan fingerprint density at radius 3 is 2.75 bits per heavy atom. The number of fused-ring (bicyclic) bond motifs is 1. The Morgan fingerprint density at radius 2 is 1.96 bits per heavy atom. The van der Waals surface area contributed by atoms with Crippen LogP contribution in [0.3, 0.4) is 0 Å². The third-order valence-electron chi connectivity index (χ3n) is 3.56. The van der Waals surface area contributed by atoms with E-state index in [2.05, 4.69) is 20.3 Å². The number of nitrogens with zero attached hydrogens (tertiary/aromatic N) is 2. The third kappa shape index (κ3) is 3.57. The lowest BCUT2D eigenvalue weighted by atomic mass is 10.1. The summed E-state index contributed by atoms with van der Waals surface area (Å²) in [6, 6.07) is 7.74. The van der Waals surface area contributed by atoms with Crippen LogP contribution >= 0.6 is 0 Å². The van der Waals surface area contributed by atoms with Crippen molar-refractivity contribution in [2.75, 3.05) is 11.9 Å². The number of anilines is 1. The van der Waals surface area contributed by atoms with Gasteiger partial charge in [0.05, 0.1) is 24.5 Å². The molecule has 1 aromatic carbocycles. The molecule has 0 radical (unpaired) electrons. The molecule has 0 saturated heterocycles. The normalized spacial score (nSPS) is 10.5. The first kappa shape index (κ1) is 15.7. The minimum Gasteiger partial charge on any atom is -0.455 e. The summed E-state index contributed by atoms with van der Waals surface area (Å²) >= 11 is 0. The Hall–Kier alpha value is -3.22. The molecular formula is C17H16N4O3. The maximum atomic E-state index is 12.0. The van der Waals surface area contributed by atoms with Gasteiger partial charge in [-0.15, -0.1) is 0 Å². The van der Waals surface area contributed by atoms with Crippen molar-refractivity contribution < 1.29 is 14.3 Å². The SMILES string of the molecule is Cc1[nH]c2ccccc2c1CC(=O)OCC(=O)Nc1cncnc1. The zero-order valence-electron chi connectivity index (χ0n) is 13.1. The first-order valence-electron chi connectivity index (χ1n) is 7.40. The fourth-order valence-corrected chi connectivity index (χ4v) is 2.46. The highest BCUT2D eigenvalue weighted by atomic mass is 16.5. The monoisotopic (exact) mass is 324 g/mol. The fourth-order valence-electron chi connectivity index (χ4n) is 2.46. The lowest BCUT2D eigenvalue weighted by Crippen LogP contribution is -2.21. The van der Waals surface area contributed by atoms with Crippen LogP contribution in [0.2, 0.25) is 0 Å². The summed E-state index contributed by atoms with van der Waals surface area (Å²) in [4.78, 5) is 34.6. The van der Waals surface area contributed by atoms with Crippen molar-refractivity contribution in [3.05, 3.63) is 54.2 Å². The topological polar surface area (TPSA) is 97.0 Å². The number of H-pyrrole nitrogens is 1. The van der Waals surface area contributed by atoms with Gasteiger partial charge in [-0.2, -0.15) is 0 Å². The first-order chi connectivity index (χ1) is 11.6. The van der Waals surface area contributed by atoms with Crippen molar-refractivity contribution in [1.82, 2.24) is 15.0 Å². The van der Waals surface area contributed by atoms with Crippen LogP contribution in [0.25, 0.3) is 10.9 Å². The molecule has 0 atom stereocenters. The molecule has 0 spiro atoms. The number of carbonyl (C=O) groups is 2. The highest BCUT2D eigenvalue weighted by molar-refractivity contribution is 5.93. The van der Waals surface area contributed by atoms with Gasteiger partial charge in [-0.3, -0.25) is 9.59 Å². The quantitative estimate of drug-likeness (QED) is 0.700. The summed E-state index contributed by atoms with van der Waals surface area (Å²) in [5, 5.41) is 3.53. The molecule has 0 aliphatic heterocycles. The number of hydrogen-bond acceptors (Lipinski definition) is 5. The largest absolute Gasteiger partial charge is 0.455 e. The highest BCUT2D eigenvalue weighted by Crippen LogP contribution is 2.22. The van der Waals surface area contributed by atoms with Crippen molar-refractivity contribution in [1.29, 1.82) is 0 Å². The molecule has 3 aromatic rings. The van der Waals surface area contributed by atoms with E-state index in [1.165, 1.54) is 18.7 Å². The molecule has 7 heteroatoms. The molecule has 0 unspecified atom stereocenters. The second-order valence-electron chi connectivity index (χ2n) is 5.29. The number of esters is 1. The summed E-state index contributed by atoms with van der Waals surface area (Å²) in [6.07, 6.45) is 4.39. The highest BCUT2D eigenvalue weighted by Gasteiger charge is 2.14. The van der Waals surface area contributed by atoms with E-state index in [9.17, 15) is 9.59 Å². The van der Waals surface area contributed by atoms with Crippen LogP contribution in [0.15, 0.2) is 43.0 Å². The molecule has 0 aliphatic rings. The summed E-state index contributed by atoms with van der Waals surface area (Å²) in [7, 11) is 0. The standard InChI is InChI=1S/C17H16N4O3/c1-11-14(13-4-2-3-5-15(13)20-11)6-17(23)24-9-16(22)21-12-7-18-10-19-8-12/h2-5,7-8,10,20H,6,9H2,1H3,(H,21,22). The molecule has 7 nitrogen and oxygen atoms in total. The molecule has 2 N–H and O–H groups in total. The van der Waals surface area contributed by atoms with Gasteiger partial charge in [0.15, 0.2) is 6.61 Å². The lowest BCUT2D eigenvalue weighted by Gasteiger charge is -2.06. The zero-order chi connectivity index (χ0) is 16.9. The molecule has 3 rings (SSSR count). The van der Waals surface area contributed by atoms with Crippen molar-refractivity contribution in [2.45, 2.75) is 13.3 Å². The van der Waals surface area contributed by atoms with Crippen molar-refractivity contribution in [3.8, 4) is 0 Å². The number of para-hydroxylation sites is 1. The molecule has 1 amide bonds. The second kappa shape index (κ2) is 6.91. The summed E-state index contributed by atoms with van der Waals surface area (Å²) in [5.74, 6) is -0.892. The Labute approximate surface area is 138 Å². The molecule has 24 heavy (non-hydrogen) atoms. The number of benzene rings is 1. The summed E-state index contributed by atoms with van der Waals surface area (Å²) < 4.78 is 5.05. The van der Waals surface area contributed by atoms with Crippen LogP contribution in [-0.2, 0) is 20.7 Å². The minimum absolute atomic E-state index is 0.109. The van der Waals surface area contributed by atoms with Crippen LogP contribution in [0.5, 0.6) is 0 Å². The summed E-state index contributed by atoms with van der Waals surface area (Å²) in [5.41, 5.74) is 3.22. The molecule has 0 fully saturated rings. The van der Waals surface area contributed by atoms with E-state index in [-0.39, 0.29) is 13.0 Å². The molecule has 122 valence electrons. The average molecular weight is 324 g/mol. The van der Waals surface area contributed by atoms with Gasteiger partial charge in [0.1, 0.15) is 6.33 Å². The van der Waals surface area contributed by atoms with Crippen molar-refractivity contribution >= 4 is 28.5 Å². The number of nitrogens with one attached hydrogen (secondary N) is 2. The van der Waals surface area contributed by atoms with Gasteiger partial charge < -0.3 is 15.0 Å². The number of amides is 1. The van der Waals surface area contributed by atoms with Gasteiger partial charge in [-0.05, 0) is 18.6 Å². The van der Waals surface area contributed by atoms with Gasteiger partial charge in [0.25, 0.3) is 5.91 Å². The van der Waals surface area contributed by atoms with Crippen LogP contribution in [0.1, 0.15) is 11.3 Å². The zero-order valence-corrected chi connectivity index (χ0v) is 13.1. The fraction of sp³-hybridized carbons (Fsp3) is 0.176. The number of aromatic amines is 1. The predicted molar refractivity (Wildman–Crippen MR) is 88.4 cm³/mol. The second-order valence-corrected chi connectivity index (χ2v) is 5.29. The molecular weight excluding hydrogens is 308 g/mol. The Kier molecular flexibility index (Phi) is 4.51. The number of rotatable bonds is 5. The number of hydrogen-bond donors (Lipinski definition) is 2. The smallest absolute Gasteiger partial charge is 0.310 e. The van der Waals surface area contributed by atoms with Crippen molar-refractivity contribution in [2.24, 2.45) is 0 Å². The first-order valence-corrected chi connectivity index (χ1v) is 7.40. The number of ether oxygens (including phenoxy) is 1. The lowest BCUT2D eigenvalue weighted by molar-refractivity contribution is -0.146. The van der Waals surface area contributed by atoms with E-state index in [4.69, 9.17) is 4.74 Å². The Balaban J connectivity index is 1.57. The van der Waals surface area contributed by atoms with Crippen LogP contribution < -0.4 is 5.32 Å². The van der Waals surface area contributed by atoms with Gasteiger partial charge in [0, 0.05) is 16.6 Å². The Bertz CT molecular complexity index is 874. The van der Waals surface area contributed by atoms with Crippen LogP contribution in [-0.4, -0.2) is 33.4 Å². The van der Waals surface area contributed by atoms with E-state index in [1.54, 1.807) is 0 Å². The van der Waals surface area contributed by atoms with E-state index in [0.717, 1.165) is 22.2 Å². The minimum atomic E-state index is -0.456. The maximum absolute atomic E-state index is 12.0. The van der Waals surface area contributed by atoms with E-state index >= 15 is 0 Å². The molecule has 2 heterocycles. The molecule has 0 saturated carbocycles. The van der Waals surface area contributed by atoms with E-state index in [1.807, 2.05) is 31.2 Å². The summed E-state index contributed by atoms with van der Waals surface area (Å²) in [6.45, 7) is 1.56. The number of aromatic nitrogens is 3. The van der Waals surface area contributed by atoms with Gasteiger partial charge in [0.2, 0.25) is 0 Å². The number of aryl methyl sites for hydroxylation is 1. The number of carbonyl (C=O) groups excluding carboxylic acids is 2. The third-order valence-corrected chi connectivity index (χ3v) is 3.56. The van der Waals surface area contributed by atoms with Crippen LogP contribution in [0, 0.1) is 6.92 Å².